The number of carbonyl (C=O) groups is 1. The van der Waals surface area contributed by atoms with Crippen molar-refractivity contribution in [3.63, 3.8) is 0 Å². The molecule has 2 aromatic rings. The van der Waals surface area contributed by atoms with Crippen LogP contribution in [0.2, 0.25) is 0 Å². The van der Waals surface area contributed by atoms with Gasteiger partial charge < -0.3 is 9.84 Å². The highest BCUT2D eigenvalue weighted by Gasteiger charge is 2.30. The lowest BCUT2D eigenvalue weighted by molar-refractivity contribution is -0.143. The van der Waals surface area contributed by atoms with Crippen LogP contribution in [-0.2, 0) is 24.1 Å². The molecule has 0 spiro atoms. The van der Waals surface area contributed by atoms with Crippen LogP contribution in [0.15, 0.2) is 42.5 Å². The van der Waals surface area contributed by atoms with Crippen LogP contribution in [0.5, 0.6) is 5.75 Å². The van der Waals surface area contributed by atoms with Crippen LogP contribution < -0.4 is 4.74 Å². The summed E-state index contributed by atoms with van der Waals surface area (Å²) in [4.78, 5) is 13.1. The van der Waals surface area contributed by atoms with E-state index in [9.17, 15) is 22.4 Å². The third-order valence-electron chi connectivity index (χ3n) is 4.93. The Kier molecular flexibility index (Phi) is 6.42. The predicted molar refractivity (Wildman–Crippen MR) is 97.8 cm³/mol. The molecule has 1 unspecified atom stereocenters. The molecule has 156 valence electrons. The van der Waals surface area contributed by atoms with Gasteiger partial charge in [-0.3, -0.25) is 9.69 Å². The highest BCUT2D eigenvalue weighted by Crippen LogP contribution is 2.30. The summed E-state index contributed by atoms with van der Waals surface area (Å²) >= 11 is 0. The molecule has 1 atom stereocenters. The van der Waals surface area contributed by atoms with Crippen LogP contribution in [0.1, 0.15) is 29.5 Å². The van der Waals surface area contributed by atoms with Crippen molar-refractivity contribution in [1.29, 1.82) is 0 Å². The number of likely N-dealkylation sites (tertiary alicyclic amines) is 1. The summed E-state index contributed by atoms with van der Waals surface area (Å²) in [5.41, 5.74) is -0.0129. The van der Waals surface area contributed by atoms with Gasteiger partial charge in [-0.2, -0.15) is 13.2 Å². The van der Waals surface area contributed by atoms with Crippen molar-refractivity contribution in [2.45, 2.75) is 32.2 Å². The zero-order valence-corrected chi connectivity index (χ0v) is 15.6. The lowest BCUT2D eigenvalue weighted by Crippen LogP contribution is -2.38. The molecule has 1 fully saturated rings. The Morgan fingerprint density at radius 3 is 2.69 bits per heavy atom. The average Bonchev–Trinajstić information content (AvgIpc) is 2.68. The molecule has 8 heteroatoms. The van der Waals surface area contributed by atoms with Gasteiger partial charge in [-0.05, 0) is 43.1 Å². The maximum atomic E-state index is 14.4. The van der Waals surface area contributed by atoms with E-state index in [1.165, 1.54) is 18.2 Å². The van der Waals surface area contributed by atoms with Crippen molar-refractivity contribution >= 4 is 5.97 Å². The maximum Gasteiger partial charge on any atom is 0.416 e. The van der Waals surface area contributed by atoms with E-state index < -0.39 is 29.4 Å². The first-order chi connectivity index (χ1) is 13.7. The standard InChI is InChI=1S/C21H21F4NO3/c22-19-10-18(29-13-14-3-1-5-17(9-14)21(23,24)25)7-6-15(19)11-26-8-2-4-16(12-26)20(27)28/h1,3,5-7,9-10,16H,2,4,8,11-13H2,(H,27,28). The molecule has 29 heavy (non-hydrogen) atoms. The largest absolute Gasteiger partial charge is 0.489 e. The van der Waals surface area contributed by atoms with E-state index in [-0.39, 0.29) is 12.4 Å². The summed E-state index contributed by atoms with van der Waals surface area (Å²) in [5.74, 6) is -1.56. The predicted octanol–water partition coefficient (Wildman–Crippen LogP) is 4.72. The summed E-state index contributed by atoms with van der Waals surface area (Å²) in [6.45, 7) is 1.26. The van der Waals surface area contributed by atoms with E-state index in [0.717, 1.165) is 18.6 Å². The molecule has 0 radical (unpaired) electrons. The Hall–Kier alpha value is -2.61. The number of piperidine rings is 1. The van der Waals surface area contributed by atoms with Gasteiger partial charge in [0, 0.05) is 24.7 Å². The van der Waals surface area contributed by atoms with Crippen LogP contribution in [0, 0.1) is 11.7 Å². The maximum absolute atomic E-state index is 14.4. The molecule has 1 aliphatic rings. The van der Waals surface area contributed by atoms with E-state index in [1.807, 2.05) is 4.90 Å². The van der Waals surface area contributed by atoms with Gasteiger partial charge in [0.1, 0.15) is 18.2 Å². The number of hydrogen-bond acceptors (Lipinski definition) is 3. The molecule has 3 rings (SSSR count). The molecule has 4 nitrogen and oxygen atoms in total. The molecular formula is C21H21F4NO3. The van der Waals surface area contributed by atoms with Crippen molar-refractivity contribution in [1.82, 2.24) is 4.90 Å². The summed E-state index contributed by atoms with van der Waals surface area (Å²) in [5, 5.41) is 9.15. The van der Waals surface area contributed by atoms with Gasteiger partial charge in [-0.25, -0.2) is 4.39 Å². The van der Waals surface area contributed by atoms with Crippen LogP contribution in [0.25, 0.3) is 0 Å². The van der Waals surface area contributed by atoms with E-state index in [1.54, 1.807) is 12.1 Å². The minimum absolute atomic E-state index is 0.116. The van der Waals surface area contributed by atoms with Crippen LogP contribution in [0.3, 0.4) is 0 Å². The normalized spacial score (nSPS) is 17.9. The monoisotopic (exact) mass is 411 g/mol. The molecular weight excluding hydrogens is 390 g/mol. The number of benzene rings is 2. The lowest BCUT2D eigenvalue weighted by atomic mass is 9.98. The van der Waals surface area contributed by atoms with Gasteiger partial charge in [0.2, 0.25) is 0 Å². The Morgan fingerprint density at radius 1 is 1.21 bits per heavy atom. The van der Waals surface area contributed by atoms with Crippen LogP contribution in [0.4, 0.5) is 17.6 Å². The molecule has 1 N–H and O–H groups in total. The minimum atomic E-state index is -4.43. The molecule has 0 aromatic heterocycles. The van der Waals surface area contributed by atoms with Crippen molar-refractivity contribution in [3.05, 3.63) is 65.0 Å². The Morgan fingerprint density at radius 2 is 2.00 bits per heavy atom. The quantitative estimate of drug-likeness (QED) is 0.699. The van der Waals surface area contributed by atoms with Gasteiger partial charge in [-0.1, -0.05) is 18.2 Å². The van der Waals surface area contributed by atoms with E-state index >= 15 is 0 Å². The summed E-state index contributed by atoms with van der Waals surface area (Å²) in [6, 6.07) is 9.10. The second kappa shape index (κ2) is 8.82. The van der Waals surface area contributed by atoms with Crippen LogP contribution in [-0.4, -0.2) is 29.1 Å². The number of hydrogen-bond donors (Lipinski definition) is 1. The highest BCUT2D eigenvalue weighted by molar-refractivity contribution is 5.70. The molecule has 1 aliphatic heterocycles. The van der Waals surface area contributed by atoms with E-state index in [0.29, 0.717) is 37.2 Å². The molecule has 1 saturated heterocycles. The third kappa shape index (κ3) is 5.69. The highest BCUT2D eigenvalue weighted by atomic mass is 19.4. The zero-order valence-electron chi connectivity index (χ0n) is 15.6. The summed E-state index contributed by atoms with van der Waals surface area (Å²) in [6.07, 6.45) is -3.06. The molecule has 0 bridgehead atoms. The fourth-order valence-corrected chi connectivity index (χ4v) is 3.39. The topological polar surface area (TPSA) is 49.8 Å². The number of alkyl halides is 3. The Bertz CT molecular complexity index is 869. The van der Waals surface area contributed by atoms with Gasteiger partial charge in [0.05, 0.1) is 11.5 Å². The molecule has 1 heterocycles. The van der Waals surface area contributed by atoms with E-state index in [2.05, 4.69) is 0 Å². The first-order valence-corrected chi connectivity index (χ1v) is 9.25. The molecule has 0 saturated carbocycles. The number of ether oxygens (including phenoxy) is 1. The van der Waals surface area contributed by atoms with Gasteiger partial charge in [-0.15, -0.1) is 0 Å². The fourth-order valence-electron chi connectivity index (χ4n) is 3.39. The number of carboxylic acid groups (broad SMARTS) is 1. The van der Waals surface area contributed by atoms with Crippen LogP contribution >= 0.6 is 0 Å². The smallest absolute Gasteiger partial charge is 0.416 e. The lowest BCUT2D eigenvalue weighted by Gasteiger charge is -2.30. The number of carboxylic acids is 1. The number of nitrogens with zero attached hydrogens (tertiary/aromatic N) is 1. The molecule has 2 aromatic carbocycles. The van der Waals surface area contributed by atoms with Crippen molar-refractivity contribution in [2.24, 2.45) is 5.92 Å². The summed E-state index contributed by atoms with van der Waals surface area (Å²) < 4.78 is 58.2. The Labute approximate surface area is 165 Å². The van der Waals surface area contributed by atoms with Crippen molar-refractivity contribution < 1.29 is 32.2 Å². The first kappa shape index (κ1) is 21.1. The second-order valence-corrected chi connectivity index (χ2v) is 7.15. The average molecular weight is 411 g/mol. The minimum Gasteiger partial charge on any atom is -0.489 e. The van der Waals surface area contributed by atoms with Crippen molar-refractivity contribution in [3.8, 4) is 5.75 Å². The first-order valence-electron chi connectivity index (χ1n) is 9.25. The SMILES string of the molecule is O=C(O)C1CCCN(Cc2ccc(OCc3cccc(C(F)(F)F)c3)cc2F)C1. The van der Waals surface area contributed by atoms with Gasteiger partial charge in [0.25, 0.3) is 0 Å². The second-order valence-electron chi connectivity index (χ2n) is 7.15. The summed E-state index contributed by atoms with van der Waals surface area (Å²) in [7, 11) is 0. The van der Waals surface area contributed by atoms with Gasteiger partial charge in [0.15, 0.2) is 0 Å². The van der Waals surface area contributed by atoms with E-state index in [4.69, 9.17) is 9.84 Å². The third-order valence-corrected chi connectivity index (χ3v) is 4.93. The fraction of sp³-hybridized carbons (Fsp3) is 0.381. The Balaban J connectivity index is 1.60. The molecule has 0 aliphatic carbocycles. The zero-order chi connectivity index (χ0) is 21.0. The van der Waals surface area contributed by atoms with Crippen molar-refractivity contribution in [2.75, 3.05) is 13.1 Å². The number of rotatable bonds is 6. The molecule has 0 amide bonds. The van der Waals surface area contributed by atoms with Gasteiger partial charge >= 0.3 is 12.1 Å². The number of aliphatic carboxylic acids is 1. The number of halogens is 4.